The Labute approximate surface area is 144 Å². The zero-order valence-electron chi connectivity index (χ0n) is 14.1. The average molecular weight is 339 g/mol. The molecule has 2 aromatic carbocycles. The van der Waals surface area contributed by atoms with Crippen LogP contribution in [-0.4, -0.2) is 27.5 Å². The first-order valence-corrected chi connectivity index (χ1v) is 7.52. The highest BCUT2D eigenvalue weighted by atomic mass is 16.5. The first-order chi connectivity index (χ1) is 12.1. The third-order valence-electron chi connectivity index (χ3n) is 3.65. The number of fused-ring (bicyclic) bond motifs is 1. The van der Waals surface area contributed by atoms with Gasteiger partial charge in [0.1, 0.15) is 5.58 Å². The summed E-state index contributed by atoms with van der Waals surface area (Å²) in [5, 5.41) is 0.805. The molecule has 0 amide bonds. The van der Waals surface area contributed by atoms with Gasteiger partial charge in [0.15, 0.2) is 11.5 Å². The van der Waals surface area contributed by atoms with Crippen LogP contribution in [0.3, 0.4) is 0 Å². The maximum absolute atomic E-state index is 11.2. The summed E-state index contributed by atoms with van der Waals surface area (Å²) in [6, 6.07) is 12.1. The van der Waals surface area contributed by atoms with Gasteiger partial charge in [-0.2, -0.15) is 0 Å². The summed E-state index contributed by atoms with van der Waals surface area (Å²) in [5.74, 6) is 1.65. The molecule has 6 heteroatoms. The largest absolute Gasteiger partial charge is 0.493 e. The molecule has 0 aliphatic carbocycles. The molecule has 0 saturated heterocycles. The van der Waals surface area contributed by atoms with Crippen molar-refractivity contribution in [3.05, 3.63) is 58.4 Å². The molecule has 3 rings (SSSR count). The molecule has 1 heterocycles. The zero-order valence-corrected chi connectivity index (χ0v) is 14.1. The molecule has 128 valence electrons. The van der Waals surface area contributed by atoms with Gasteiger partial charge in [0.2, 0.25) is 5.75 Å². The SMILES string of the molecule is COc1cc(C=Nc2ccc3oc(=O)ccc3c2)cc(OC)c1OC. The fourth-order valence-corrected chi connectivity index (χ4v) is 2.46. The van der Waals surface area contributed by atoms with Gasteiger partial charge in [-0.3, -0.25) is 4.99 Å². The minimum Gasteiger partial charge on any atom is -0.493 e. The second-order valence-corrected chi connectivity index (χ2v) is 5.19. The van der Waals surface area contributed by atoms with Crippen molar-refractivity contribution in [2.45, 2.75) is 0 Å². The van der Waals surface area contributed by atoms with Gasteiger partial charge >= 0.3 is 5.63 Å². The van der Waals surface area contributed by atoms with Crippen LogP contribution in [0.25, 0.3) is 11.0 Å². The van der Waals surface area contributed by atoms with E-state index in [1.54, 1.807) is 45.7 Å². The van der Waals surface area contributed by atoms with Crippen molar-refractivity contribution in [3.8, 4) is 17.2 Å². The van der Waals surface area contributed by atoms with E-state index in [0.29, 0.717) is 22.8 Å². The van der Waals surface area contributed by atoms with Crippen LogP contribution in [0.5, 0.6) is 17.2 Å². The van der Waals surface area contributed by atoms with Crippen LogP contribution in [0.2, 0.25) is 0 Å². The summed E-state index contributed by atoms with van der Waals surface area (Å²) in [6.07, 6.45) is 1.70. The number of aliphatic imine (C=N–C) groups is 1. The van der Waals surface area contributed by atoms with E-state index < -0.39 is 0 Å². The predicted molar refractivity (Wildman–Crippen MR) is 95.8 cm³/mol. The Morgan fingerprint density at radius 2 is 1.64 bits per heavy atom. The average Bonchev–Trinajstić information content (AvgIpc) is 2.65. The molecule has 3 aromatic rings. The normalized spacial score (nSPS) is 11.0. The van der Waals surface area contributed by atoms with Crippen molar-refractivity contribution < 1.29 is 18.6 Å². The van der Waals surface area contributed by atoms with Crippen molar-refractivity contribution in [1.29, 1.82) is 0 Å². The van der Waals surface area contributed by atoms with Crippen molar-refractivity contribution in [1.82, 2.24) is 0 Å². The minimum absolute atomic E-state index is 0.374. The lowest BCUT2D eigenvalue weighted by molar-refractivity contribution is 0.324. The van der Waals surface area contributed by atoms with E-state index in [4.69, 9.17) is 18.6 Å². The molecule has 0 N–H and O–H groups in total. The van der Waals surface area contributed by atoms with Crippen molar-refractivity contribution >= 4 is 22.9 Å². The Bertz CT molecular complexity index is 966. The summed E-state index contributed by atoms with van der Waals surface area (Å²) in [4.78, 5) is 15.7. The number of benzene rings is 2. The lowest BCUT2D eigenvalue weighted by atomic mass is 10.2. The molecule has 0 aliphatic heterocycles. The molecule has 0 radical (unpaired) electrons. The van der Waals surface area contributed by atoms with E-state index in [2.05, 4.69) is 4.99 Å². The van der Waals surface area contributed by atoms with Crippen molar-refractivity contribution in [2.75, 3.05) is 21.3 Å². The van der Waals surface area contributed by atoms with Gasteiger partial charge in [-0.15, -0.1) is 0 Å². The van der Waals surface area contributed by atoms with Gasteiger partial charge in [0.05, 0.1) is 27.0 Å². The smallest absolute Gasteiger partial charge is 0.336 e. The van der Waals surface area contributed by atoms with Gasteiger partial charge in [0, 0.05) is 23.2 Å². The van der Waals surface area contributed by atoms with E-state index in [1.165, 1.54) is 6.07 Å². The summed E-state index contributed by atoms with van der Waals surface area (Å²) in [7, 11) is 4.69. The molecule has 6 nitrogen and oxygen atoms in total. The Hall–Kier alpha value is -3.28. The van der Waals surface area contributed by atoms with E-state index >= 15 is 0 Å². The molecule has 0 aliphatic rings. The molecule has 0 fully saturated rings. The van der Waals surface area contributed by atoms with Gasteiger partial charge in [-0.05, 0) is 36.4 Å². The fourth-order valence-electron chi connectivity index (χ4n) is 2.46. The first kappa shape index (κ1) is 16.6. The molecule has 1 aromatic heterocycles. The van der Waals surface area contributed by atoms with Crippen LogP contribution < -0.4 is 19.8 Å². The second kappa shape index (κ2) is 7.09. The molecular weight excluding hydrogens is 322 g/mol. The van der Waals surface area contributed by atoms with Gasteiger partial charge < -0.3 is 18.6 Å². The highest BCUT2D eigenvalue weighted by Crippen LogP contribution is 2.37. The van der Waals surface area contributed by atoms with Gasteiger partial charge in [0.25, 0.3) is 0 Å². The summed E-state index contributed by atoms with van der Waals surface area (Å²) in [6.45, 7) is 0. The van der Waals surface area contributed by atoms with Crippen LogP contribution in [-0.2, 0) is 0 Å². The number of hydrogen-bond acceptors (Lipinski definition) is 6. The minimum atomic E-state index is -0.374. The quantitative estimate of drug-likeness (QED) is 0.525. The van der Waals surface area contributed by atoms with Crippen molar-refractivity contribution in [3.63, 3.8) is 0 Å². The van der Waals surface area contributed by atoms with E-state index in [1.807, 2.05) is 18.2 Å². The maximum Gasteiger partial charge on any atom is 0.336 e. The molecule has 0 atom stereocenters. The van der Waals surface area contributed by atoms with Crippen LogP contribution >= 0.6 is 0 Å². The maximum atomic E-state index is 11.2. The number of hydrogen-bond donors (Lipinski definition) is 0. The molecular formula is C19H17NO5. The monoisotopic (exact) mass is 339 g/mol. The Morgan fingerprint density at radius 3 is 2.28 bits per heavy atom. The Kier molecular flexibility index (Phi) is 4.70. The molecule has 0 saturated carbocycles. The molecule has 0 bridgehead atoms. The molecule has 25 heavy (non-hydrogen) atoms. The summed E-state index contributed by atoms with van der Waals surface area (Å²) < 4.78 is 21.1. The molecule has 0 unspecified atom stereocenters. The number of ether oxygens (including phenoxy) is 3. The van der Waals surface area contributed by atoms with Crippen LogP contribution in [0.15, 0.2) is 56.7 Å². The van der Waals surface area contributed by atoms with Gasteiger partial charge in [-0.1, -0.05) is 0 Å². The Balaban J connectivity index is 1.96. The third kappa shape index (κ3) is 3.47. The lowest BCUT2D eigenvalue weighted by Crippen LogP contribution is -1.96. The number of methoxy groups -OCH3 is 3. The Morgan fingerprint density at radius 1 is 0.920 bits per heavy atom. The number of rotatable bonds is 5. The van der Waals surface area contributed by atoms with Crippen LogP contribution in [0.4, 0.5) is 5.69 Å². The zero-order chi connectivity index (χ0) is 17.8. The highest BCUT2D eigenvalue weighted by molar-refractivity contribution is 5.86. The van der Waals surface area contributed by atoms with E-state index in [-0.39, 0.29) is 5.63 Å². The summed E-state index contributed by atoms with van der Waals surface area (Å²) >= 11 is 0. The van der Waals surface area contributed by atoms with Crippen molar-refractivity contribution in [2.24, 2.45) is 4.99 Å². The topological polar surface area (TPSA) is 70.3 Å². The standard InChI is InChI=1S/C19H17NO5/c1-22-16-8-12(9-17(23-2)19(16)24-3)11-20-14-5-6-15-13(10-14)4-7-18(21)25-15/h4-11H,1-3H3. The first-order valence-electron chi connectivity index (χ1n) is 7.52. The van der Waals surface area contributed by atoms with Gasteiger partial charge in [-0.25, -0.2) is 4.79 Å². The van der Waals surface area contributed by atoms with Crippen LogP contribution in [0.1, 0.15) is 5.56 Å². The number of nitrogens with zero attached hydrogens (tertiary/aromatic N) is 1. The van der Waals surface area contributed by atoms with E-state index in [0.717, 1.165) is 16.6 Å². The fraction of sp³-hybridized carbons (Fsp3) is 0.158. The van der Waals surface area contributed by atoms with Crippen LogP contribution in [0, 0.1) is 0 Å². The lowest BCUT2D eigenvalue weighted by Gasteiger charge is -2.12. The highest BCUT2D eigenvalue weighted by Gasteiger charge is 2.12. The summed E-state index contributed by atoms with van der Waals surface area (Å²) in [5.41, 5.74) is 1.68. The van der Waals surface area contributed by atoms with E-state index in [9.17, 15) is 4.79 Å². The third-order valence-corrected chi connectivity index (χ3v) is 3.65. The molecule has 0 spiro atoms. The predicted octanol–water partition coefficient (Wildman–Crippen LogP) is 3.57. The second-order valence-electron chi connectivity index (χ2n) is 5.19.